The van der Waals surface area contributed by atoms with E-state index in [0.717, 1.165) is 53.2 Å². The highest BCUT2D eigenvalue weighted by Crippen LogP contribution is 2.33. The number of rotatable bonds is 8. The number of halogens is 1. The molecule has 2 aliphatic heterocycles. The Balaban J connectivity index is 1.50. The van der Waals surface area contributed by atoms with E-state index in [0.29, 0.717) is 18.8 Å². The molecule has 3 aromatic rings. The number of hydrazine groups is 1. The number of aromatic nitrogens is 2. The molecule has 1 atom stereocenters. The fourth-order valence-electron chi connectivity index (χ4n) is 5.37. The highest BCUT2D eigenvalue weighted by Gasteiger charge is 2.35. The number of imidazole rings is 1. The lowest BCUT2D eigenvalue weighted by molar-refractivity contribution is -0.118. The molecule has 1 unspecified atom stereocenters. The van der Waals surface area contributed by atoms with Crippen molar-refractivity contribution in [2.45, 2.75) is 52.0 Å². The highest BCUT2D eigenvalue weighted by molar-refractivity contribution is 6.09. The van der Waals surface area contributed by atoms with Gasteiger partial charge in [-0.25, -0.2) is 9.37 Å². The first-order chi connectivity index (χ1) is 20.0. The summed E-state index contributed by atoms with van der Waals surface area (Å²) in [6, 6.07) is 12.4. The molecule has 5 rings (SSSR count). The number of fused-ring (bicyclic) bond motifs is 1. The summed E-state index contributed by atoms with van der Waals surface area (Å²) in [4.78, 5) is 22.2. The van der Waals surface area contributed by atoms with Crippen molar-refractivity contribution in [2.24, 2.45) is 4.99 Å². The molecule has 0 spiro atoms. The molecule has 3 heterocycles. The third-order valence-electron chi connectivity index (χ3n) is 7.30. The number of hydrogen-bond donors (Lipinski definition) is 0. The van der Waals surface area contributed by atoms with E-state index in [-0.39, 0.29) is 24.2 Å². The van der Waals surface area contributed by atoms with Crippen LogP contribution in [0.3, 0.4) is 0 Å². The largest absolute Gasteiger partial charge is 0.495 e. The Morgan fingerprint density at radius 1 is 1.12 bits per heavy atom. The van der Waals surface area contributed by atoms with Gasteiger partial charge in [0.15, 0.2) is 5.84 Å². The molecule has 0 radical (unpaired) electrons. The van der Waals surface area contributed by atoms with Gasteiger partial charge in [0.2, 0.25) is 5.91 Å². The van der Waals surface area contributed by atoms with Crippen LogP contribution in [0.4, 0.5) is 10.1 Å². The number of carbonyl (C=O) groups is 1. The van der Waals surface area contributed by atoms with Crippen molar-refractivity contribution in [3.63, 3.8) is 0 Å². The van der Waals surface area contributed by atoms with E-state index in [2.05, 4.69) is 44.3 Å². The molecule has 0 saturated carbocycles. The predicted molar refractivity (Wildman–Crippen MR) is 162 cm³/mol. The summed E-state index contributed by atoms with van der Waals surface area (Å²) < 4.78 is 21.6. The van der Waals surface area contributed by atoms with E-state index in [1.54, 1.807) is 25.6 Å². The molecule has 1 aromatic heterocycles. The number of aryl methyl sites for hydroxylation is 1. The number of anilines is 1. The molecule has 41 heavy (non-hydrogen) atoms. The van der Waals surface area contributed by atoms with Crippen molar-refractivity contribution in [1.82, 2.24) is 14.6 Å². The maximum atomic E-state index is 13.9. The van der Waals surface area contributed by atoms with E-state index in [9.17, 15) is 9.18 Å². The summed E-state index contributed by atoms with van der Waals surface area (Å²) >= 11 is 0. The average molecular weight is 554 g/mol. The van der Waals surface area contributed by atoms with Crippen molar-refractivity contribution >= 4 is 23.5 Å². The summed E-state index contributed by atoms with van der Waals surface area (Å²) in [6.45, 7) is 4.66. The Kier molecular flexibility index (Phi) is 8.77. The Labute approximate surface area is 240 Å². The Morgan fingerprint density at radius 3 is 2.68 bits per heavy atom. The number of hydrogen-bond acceptors (Lipinski definition) is 5. The standard InChI is InChI=1S/C33H36FN5O2/c1-4-5-6-7-8-11-29-21-32(40)36-33-26(10-9-18-38(33)39(29)28-15-13-27(34)14-16-28)19-25-12-17-30(31(20-25)41-3)37-22-24(2)35-23-37/h4-5,7-8,12-17,19-20,22-23,29H,6,9-11,18,21H2,1-3H3/b5-4-,8-7-,26-19+. The number of nitrogens with zero attached hydrogens (tertiary/aromatic N) is 5. The van der Waals surface area contributed by atoms with Crippen LogP contribution in [-0.2, 0) is 4.79 Å². The van der Waals surface area contributed by atoms with Crippen LogP contribution >= 0.6 is 0 Å². The molecule has 1 fully saturated rings. The number of amidine groups is 1. The molecule has 1 amide bonds. The molecule has 0 bridgehead atoms. The Bertz CT molecular complexity index is 1500. The highest BCUT2D eigenvalue weighted by atomic mass is 19.1. The van der Waals surface area contributed by atoms with Gasteiger partial charge < -0.3 is 9.30 Å². The molecular formula is C33H36FN5O2. The lowest BCUT2D eigenvalue weighted by atomic mass is 10.0. The van der Waals surface area contributed by atoms with E-state index >= 15 is 0 Å². The smallest absolute Gasteiger partial charge is 0.249 e. The first-order valence-electron chi connectivity index (χ1n) is 14.1. The minimum absolute atomic E-state index is 0.145. The van der Waals surface area contributed by atoms with E-state index in [1.807, 2.05) is 48.9 Å². The summed E-state index contributed by atoms with van der Waals surface area (Å²) in [5.74, 6) is 0.928. The van der Waals surface area contributed by atoms with Gasteiger partial charge in [0.05, 0.1) is 43.0 Å². The van der Waals surface area contributed by atoms with E-state index in [4.69, 9.17) is 4.74 Å². The second-order valence-electron chi connectivity index (χ2n) is 10.3. The fraction of sp³-hybridized carbons (Fsp3) is 0.303. The van der Waals surface area contributed by atoms with E-state index in [1.165, 1.54) is 12.1 Å². The molecule has 1 saturated heterocycles. The van der Waals surface area contributed by atoms with Crippen LogP contribution < -0.4 is 9.75 Å². The fourth-order valence-corrected chi connectivity index (χ4v) is 5.37. The number of amides is 1. The van der Waals surface area contributed by atoms with Crippen molar-refractivity contribution in [3.05, 3.63) is 102 Å². The summed E-state index contributed by atoms with van der Waals surface area (Å²) in [5.41, 5.74) is 4.59. The Morgan fingerprint density at radius 2 is 1.95 bits per heavy atom. The summed E-state index contributed by atoms with van der Waals surface area (Å²) in [7, 11) is 1.66. The normalized spacial score (nSPS) is 18.7. The van der Waals surface area contributed by atoms with Crippen LogP contribution in [0, 0.1) is 12.7 Å². The first-order valence-corrected chi connectivity index (χ1v) is 14.1. The Hall–Kier alpha value is -4.46. The molecular weight excluding hydrogens is 517 g/mol. The second-order valence-corrected chi connectivity index (χ2v) is 10.3. The zero-order valence-electron chi connectivity index (χ0n) is 23.8. The van der Waals surface area contributed by atoms with E-state index < -0.39 is 0 Å². The number of benzene rings is 2. The third-order valence-corrected chi connectivity index (χ3v) is 7.30. The van der Waals surface area contributed by atoms with Crippen molar-refractivity contribution in [2.75, 3.05) is 18.7 Å². The van der Waals surface area contributed by atoms with Gasteiger partial charge in [0.1, 0.15) is 11.6 Å². The van der Waals surface area contributed by atoms with Gasteiger partial charge in [0.25, 0.3) is 0 Å². The van der Waals surface area contributed by atoms with Crippen LogP contribution in [0.15, 0.2) is 89.9 Å². The molecule has 2 aliphatic rings. The number of piperidine rings is 1. The van der Waals surface area contributed by atoms with Crippen LogP contribution in [-0.4, -0.2) is 46.0 Å². The van der Waals surface area contributed by atoms with Gasteiger partial charge in [0, 0.05) is 12.7 Å². The monoisotopic (exact) mass is 553 g/mol. The minimum Gasteiger partial charge on any atom is -0.495 e. The number of carbonyl (C=O) groups excluding carboxylic acids is 1. The maximum absolute atomic E-state index is 13.9. The predicted octanol–water partition coefficient (Wildman–Crippen LogP) is 6.84. The molecule has 2 aromatic carbocycles. The number of ether oxygens (including phenoxy) is 1. The maximum Gasteiger partial charge on any atom is 0.249 e. The average Bonchev–Trinajstić information content (AvgIpc) is 3.34. The zero-order valence-corrected chi connectivity index (χ0v) is 23.8. The van der Waals surface area contributed by atoms with Gasteiger partial charge in [-0.2, -0.15) is 4.99 Å². The lowest BCUT2D eigenvalue weighted by Crippen LogP contribution is -2.53. The summed E-state index contributed by atoms with van der Waals surface area (Å²) in [6.07, 6.45) is 17.6. The topological polar surface area (TPSA) is 63.0 Å². The quantitative estimate of drug-likeness (QED) is 0.286. The number of aliphatic imine (C=N–C) groups is 1. The third kappa shape index (κ3) is 6.48. The SMILES string of the molecule is C/C=C\C/C=C\CC1CC(=O)N=C2/C(=C/c3ccc(-n4cnc(C)c4)c(OC)c3)CCCN2N1c1ccc(F)cc1. The minimum atomic E-state index is -0.293. The van der Waals surface area contributed by atoms with Crippen LogP contribution in [0.25, 0.3) is 11.8 Å². The number of methoxy groups -OCH3 is 1. The van der Waals surface area contributed by atoms with Gasteiger partial charge in [-0.15, -0.1) is 0 Å². The summed E-state index contributed by atoms with van der Waals surface area (Å²) in [5, 5.41) is 4.25. The van der Waals surface area contributed by atoms with Gasteiger partial charge in [-0.05, 0) is 93.1 Å². The molecule has 8 heteroatoms. The molecule has 0 N–H and O–H groups in total. The van der Waals surface area contributed by atoms with Crippen molar-refractivity contribution < 1.29 is 13.9 Å². The van der Waals surface area contributed by atoms with Crippen LogP contribution in [0.2, 0.25) is 0 Å². The van der Waals surface area contributed by atoms with Crippen molar-refractivity contribution in [3.8, 4) is 11.4 Å². The second kappa shape index (κ2) is 12.8. The molecule has 7 nitrogen and oxygen atoms in total. The van der Waals surface area contributed by atoms with Gasteiger partial charge in [-0.3, -0.25) is 14.8 Å². The first kappa shape index (κ1) is 28.1. The van der Waals surface area contributed by atoms with Crippen molar-refractivity contribution in [1.29, 1.82) is 0 Å². The van der Waals surface area contributed by atoms with Crippen LogP contribution in [0.5, 0.6) is 5.75 Å². The van der Waals surface area contributed by atoms with Gasteiger partial charge in [-0.1, -0.05) is 30.4 Å². The van der Waals surface area contributed by atoms with Crippen LogP contribution in [0.1, 0.15) is 50.3 Å². The molecule has 0 aliphatic carbocycles. The van der Waals surface area contributed by atoms with Gasteiger partial charge >= 0.3 is 0 Å². The zero-order chi connectivity index (χ0) is 28.8. The molecule has 212 valence electrons. The lowest BCUT2D eigenvalue weighted by Gasteiger charge is -2.44. The number of allylic oxidation sites excluding steroid dienone is 3.